The summed E-state index contributed by atoms with van der Waals surface area (Å²) in [6.45, 7) is 4.45. The van der Waals surface area contributed by atoms with Gasteiger partial charge in [-0.15, -0.1) is 10.2 Å². The second-order valence-electron chi connectivity index (χ2n) is 5.93. The van der Waals surface area contributed by atoms with Crippen LogP contribution in [0.25, 0.3) is 0 Å². The van der Waals surface area contributed by atoms with Gasteiger partial charge in [0.25, 0.3) is 5.56 Å². The van der Waals surface area contributed by atoms with E-state index >= 15 is 0 Å². The Morgan fingerprint density at radius 1 is 1.07 bits per heavy atom. The van der Waals surface area contributed by atoms with Gasteiger partial charge in [-0.1, -0.05) is 49.0 Å². The zero-order valence-electron chi connectivity index (χ0n) is 15.3. The van der Waals surface area contributed by atoms with Crippen LogP contribution >= 0.6 is 11.8 Å². The number of benzene rings is 2. The molecule has 0 aliphatic carbocycles. The predicted octanol–water partition coefficient (Wildman–Crippen LogP) is 4.40. The van der Waals surface area contributed by atoms with Crippen LogP contribution in [-0.4, -0.2) is 14.8 Å². The maximum absolute atomic E-state index is 13.0. The van der Waals surface area contributed by atoms with E-state index in [0.717, 1.165) is 23.2 Å². The van der Waals surface area contributed by atoms with Crippen molar-refractivity contribution in [3.63, 3.8) is 0 Å². The van der Waals surface area contributed by atoms with Gasteiger partial charge in [-0.2, -0.15) is 0 Å². The summed E-state index contributed by atoms with van der Waals surface area (Å²) in [4.78, 5) is 12.8. The maximum atomic E-state index is 13.0. The number of aromatic nitrogens is 3. The first kappa shape index (κ1) is 19.1. The summed E-state index contributed by atoms with van der Waals surface area (Å²) in [5.41, 5.74) is 2.72. The quantitative estimate of drug-likeness (QED) is 0.612. The number of nitrogens with one attached hydrogen (secondary N) is 1. The molecule has 0 fully saturated rings. The normalized spacial score (nSPS) is 10.8. The molecule has 2 aromatic carbocycles. The molecule has 0 amide bonds. The first-order valence-corrected chi connectivity index (χ1v) is 9.80. The first-order valence-electron chi connectivity index (χ1n) is 8.82. The van der Waals surface area contributed by atoms with Crippen LogP contribution in [0.4, 0.5) is 15.9 Å². The van der Waals surface area contributed by atoms with Crippen LogP contribution in [0, 0.1) is 5.82 Å². The number of hydrogen-bond acceptors (Lipinski definition) is 5. The van der Waals surface area contributed by atoms with Crippen LogP contribution in [0.2, 0.25) is 0 Å². The molecule has 3 rings (SSSR count). The standard InChI is InChI=1S/C20H21FN4OS/c1-3-15-7-5-6-8-17(15)22-18-19(26)25(4-2)20(24-23-18)27-13-14-9-11-16(21)12-10-14/h5-12H,3-4,13H2,1-2H3,(H,22,23). The highest BCUT2D eigenvalue weighted by molar-refractivity contribution is 7.98. The Labute approximate surface area is 161 Å². The molecule has 3 aromatic rings. The summed E-state index contributed by atoms with van der Waals surface area (Å²) in [5.74, 6) is 0.528. The summed E-state index contributed by atoms with van der Waals surface area (Å²) >= 11 is 1.41. The highest BCUT2D eigenvalue weighted by Gasteiger charge is 2.13. The van der Waals surface area contributed by atoms with E-state index in [0.29, 0.717) is 17.5 Å². The van der Waals surface area contributed by atoms with Crippen molar-refractivity contribution in [1.82, 2.24) is 14.8 Å². The fourth-order valence-electron chi connectivity index (χ4n) is 2.67. The predicted molar refractivity (Wildman–Crippen MR) is 107 cm³/mol. The Bertz CT molecular complexity index is 972. The summed E-state index contributed by atoms with van der Waals surface area (Å²) in [6.07, 6.45) is 0.851. The highest BCUT2D eigenvalue weighted by Crippen LogP contribution is 2.22. The Kier molecular flexibility index (Phi) is 6.24. The average Bonchev–Trinajstić information content (AvgIpc) is 2.69. The smallest absolute Gasteiger partial charge is 0.297 e. The molecule has 0 saturated heterocycles. The number of para-hydroxylation sites is 1. The number of hydrogen-bond donors (Lipinski definition) is 1. The number of halogens is 1. The maximum Gasteiger partial charge on any atom is 0.297 e. The van der Waals surface area contributed by atoms with Crippen molar-refractivity contribution in [2.45, 2.75) is 37.7 Å². The van der Waals surface area contributed by atoms with E-state index in [4.69, 9.17) is 0 Å². The molecular formula is C20H21FN4OS. The van der Waals surface area contributed by atoms with E-state index in [2.05, 4.69) is 22.4 Å². The van der Waals surface area contributed by atoms with Crippen LogP contribution in [0.15, 0.2) is 58.5 Å². The van der Waals surface area contributed by atoms with Crippen LogP contribution < -0.4 is 10.9 Å². The monoisotopic (exact) mass is 384 g/mol. The van der Waals surface area contributed by atoms with E-state index < -0.39 is 0 Å². The fraction of sp³-hybridized carbons (Fsp3) is 0.250. The van der Waals surface area contributed by atoms with E-state index in [1.165, 1.54) is 23.9 Å². The second-order valence-corrected chi connectivity index (χ2v) is 6.87. The molecule has 0 aliphatic heterocycles. The highest BCUT2D eigenvalue weighted by atomic mass is 32.2. The lowest BCUT2D eigenvalue weighted by Gasteiger charge is -2.13. The minimum atomic E-state index is -0.267. The molecule has 0 aliphatic rings. The average molecular weight is 384 g/mol. The van der Waals surface area contributed by atoms with Gasteiger partial charge < -0.3 is 5.32 Å². The van der Waals surface area contributed by atoms with E-state index in [9.17, 15) is 9.18 Å². The summed E-state index contributed by atoms with van der Waals surface area (Å²) in [6, 6.07) is 14.1. The van der Waals surface area contributed by atoms with Gasteiger partial charge in [0.1, 0.15) is 5.82 Å². The third-order valence-corrected chi connectivity index (χ3v) is 5.20. The van der Waals surface area contributed by atoms with Gasteiger partial charge in [0.2, 0.25) is 5.82 Å². The van der Waals surface area contributed by atoms with Crippen LogP contribution in [0.5, 0.6) is 0 Å². The van der Waals surface area contributed by atoms with Crippen LogP contribution in [0.3, 0.4) is 0 Å². The van der Waals surface area contributed by atoms with Crippen molar-refractivity contribution < 1.29 is 4.39 Å². The zero-order chi connectivity index (χ0) is 19.2. The van der Waals surface area contributed by atoms with Crippen molar-refractivity contribution in [3.8, 4) is 0 Å². The SMILES string of the molecule is CCc1ccccc1Nc1nnc(SCc2ccc(F)cc2)n(CC)c1=O. The van der Waals surface area contributed by atoms with Gasteiger partial charge in [-0.05, 0) is 42.7 Å². The topological polar surface area (TPSA) is 59.8 Å². The third kappa shape index (κ3) is 4.54. The zero-order valence-corrected chi connectivity index (χ0v) is 16.1. The Hall–Kier alpha value is -2.67. The minimum absolute atomic E-state index is 0.208. The molecule has 7 heteroatoms. The minimum Gasteiger partial charge on any atom is -0.334 e. The van der Waals surface area contributed by atoms with Crippen LogP contribution in [-0.2, 0) is 18.7 Å². The first-order chi connectivity index (χ1) is 13.1. The number of nitrogens with zero attached hydrogens (tertiary/aromatic N) is 3. The molecule has 1 N–H and O–H groups in total. The summed E-state index contributed by atoms with van der Waals surface area (Å²) in [7, 11) is 0. The number of anilines is 2. The number of thioether (sulfide) groups is 1. The molecule has 0 spiro atoms. The Morgan fingerprint density at radius 3 is 2.52 bits per heavy atom. The van der Waals surface area contributed by atoms with Gasteiger partial charge in [-0.3, -0.25) is 9.36 Å². The van der Waals surface area contributed by atoms with Crippen molar-refractivity contribution in [3.05, 3.63) is 75.8 Å². The summed E-state index contributed by atoms with van der Waals surface area (Å²) < 4.78 is 14.6. The molecule has 1 aromatic heterocycles. The Morgan fingerprint density at radius 2 is 1.81 bits per heavy atom. The molecular weight excluding hydrogens is 363 g/mol. The molecule has 0 unspecified atom stereocenters. The molecule has 0 bridgehead atoms. The molecule has 27 heavy (non-hydrogen) atoms. The fourth-order valence-corrected chi connectivity index (χ4v) is 3.63. The van der Waals surface area contributed by atoms with Crippen molar-refractivity contribution >= 4 is 23.3 Å². The van der Waals surface area contributed by atoms with Crippen molar-refractivity contribution in [2.24, 2.45) is 0 Å². The largest absolute Gasteiger partial charge is 0.334 e. The van der Waals surface area contributed by atoms with Gasteiger partial charge >= 0.3 is 0 Å². The van der Waals surface area contributed by atoms with Gasteiger partial charge in [0.05, 0.1) is 0 Å². The Balaban J connectivity index is 1.82. The lowest BCUT2D eigenvalue weighted by Crippen LogP contribution is -2.26. The van der Waals surface area contributed by atoms with Gasteiger partial charge in [0, 0.05) is 18.0 Å². The lowest BCUT2D eigenvalue weighted by molar-refractivity contribution is 0.597. The molecule has 1 heterocycles. The molecule has 0 saturated carbocycles. The lowest BCUT2D eigenvalue weighted by atomic mass is 10.1. The van der Waals surface area contributed by atoms with Gasteiger partial charge in [-0.25, -0.2) is 4.39 Å². The third-order valence-electron chi connectivity index (χ3n) is 4.16. The summed E-state index contributed by atoms with van der Waals surface area (Å²) in [5, 5.41) is 12.0. The number of aryl methyl sites for hydroxylation is 1. The second kappa shape index (κ2) is 8.81. The molecule has 0 radical (unpaired) electrons. The van der Waals surface area contributed by atoms with E-state index in [-0.39, 0.29) is 17.2 Å². The molecule has 5 nitrogen and oxygen atoms in total. The van der Waals surface area contributed by atoms with E-state index in [1.807, 2.05) is 31.2 Å². The van der Waals surface area contributed by atoms with E-state index in [1.54, 1.807) is 16.7 Å². The van der Waals surface area contributed by atoms with Crippen LogP contribution in [0.1, 0.15) is 25.0 Å². The van der Waals surface area contributed by atoms with Crippen molar-refractivity contribution in [1.29, 1.82) is 0 Å². The molecule has 140 valence electrons. The number of rotatable bonds is 7. The van der Waals surface area contributed by atoms with Gasteiger partial charge in [0.15, 0.2) is 5.16 Å². The molecule has 0 atom stereocenters. The van der Waals surface area contributed by atoms with Crippen molar-refractivity contribution in [2.75, 3.05) is 5.32 Å².